The molecule has 2 saturated carbocycles. The van der Waals surface area contributed by atoms with Gasteiger partial charge in [0.2, 0.25) is 0 Å². The number of hydrogen-bond acceptors (Lipinski definition) is 4. The second-order valence-corrected chi connectivity index (χ2v) is 5.23. The van der Waals surface area contributed by atoms with Crippen molar-refractivity contribution >= 4 is 11.8 Å². The number of carbonyl (C=O) groups excluding carboxylic acids is 1. The normalized spacial score (nSPS) is 21.2. The summed E-state index contributed by atoms with van der Waals surface area (Å²) in [5.41, 5.74) is 6.62. The third-order valence-corrected chi connectivity index (χ3v) is 4.08. The monoisotopic (exact) mass is 235 g/mol. The largest absolute Gasteiger partial charge is 0.464 e. The van der Waals surface area contributed by atoms with Crippen molar-refractivity contribution in [2.75, 3.05) is 12.8 Å². The molecular weight excluding hydrogens is 218 g/mol. The molecule has 0 saturated heterocycles. The fraction of sp³-hybridized carbons (Fsp3) is 0.667. The van der Waals surface area contributed by atoms with Crippen molar-refractivity contribution in [2.24, 2.45) is 11.3 Å². The summed E-state index contributed by atoms with van der Waals surface area (Å²) in [4.78, 5) is 15.4. The predicted octanol–water partition coefficient (Wildman–Crippen LogP) is 1.44. The Morgan fingerprint density at radius 1 is 1.65 bits per heavy atom. The molecule has 5 heteroatoms. The molecule has 2 N–H and O–H groups in total. The second-order valence-electron chi connectivity index (χ2n) is 5.23. The average molecular weight is 235 g/mol. The highest BCUT2D eigenvalue weighted by Gasteiger charge is 2.53. The highest BCUT2D eigenvalue weighted by atomic mass is 16.5. The number of anilines is 1. The standard InChI is InChI=1S/C12H17N3O2/c1-17-11(16)9-10(13)15(7-14-9)6-12(4-5-12)8-2-3-8/h7-8H,2-6,13H2,1H3. The lowest BCUT2D eigenvalue weighted by atomic mass is 10.0. The van der Waals surface area contributed by atoms with E-state index in [9.17, 15) is 4.79 Å². The van der Waals surface area contributed by atoms with Crippen LogP contribution in [0, 0.1) is 11.3 Å². The fourth-order valence-corrected chi connectivity index (χ4v) is 2.66. The summed E-state index contributed by atoms with van der Waals surface area (Å²) < 4.78 is 6.54. The van der Waals surface area contributed by atoms with Gasteiger partial charge in [0.1, 0.15) is 5.82 Å². The minimum atomic E-state index is -0.461. The molecule has 0 atom stereocenters. The Bertz CT molecular complexity index is 458. The van der Waals surface area contributed by atoms with Gasteiger partial charge in [0.25, 0.3) is 0 Å². The lowest BCUT2D eigenvalue weighted by Crippen LogP contribution is -2.16. The average Bonchev–Trinajstić information content (AvgIpc) is 3.20. The zero-order valence-electron chi connectivity index (χ0n) is 9.98. The van der Waals surface area contributed by atoms with E-state index in [1.165, 1.54) is 32.8 Å². The molecule has 2 aliphatic rings. The molecule has 0 aromatic carbocycles. The summed E-state index contributed by atoms with van der Waals surface area (Å²) in [5, 5.41) is 0. The van der Waals surface area contributed by atoms with Crippen LogP contribution in [0.3, 0.4) is 0 Å². The van der Waals surface area contributed by atoms with Crippen LogP contribution < -0.4 is 5.73 Å². The van der Waals surface area contributed by atoms with Gasteiger partial charge in [0, 0.05) is 6.54 Å². The minimum absolute atomic E-state index is 0.235. The van der Waals surface area contributed by atoms with Crippen molar-refractivity contribution in [3.05, 3.63) is 12.0 Å². The van der Waals surface area contributed by atoms with Gasteiger partial charge in [0.15, 0.2) is 5.69 Å². The first-order chi connectivity index (χ1) is 8.16. The molecule has 5 nitrogen and oxygen atoms in total. The molecule has 3 rings (SSSR count). The van der Waals surface area contributed by atoms with E-state index in [-0.39, 0.29) is 5.69 Å². The number of rotatable bonds is 4. The Labute approximate surface area is 100.0 Å². The number of nitrogens with two attached hydrogens (primary N) is 1. The van der Waals surface area contributed by atoms with Gasteiger partial charge in [-0.15, -0.1) is 0 Å². The van der Waals surface area contributed by atoms with E-state index >= 15 is 0 Å². The Kier molecular flexibility index (Phi) is 2.18. The zero-order chi connectivity index (χ0) is 12.0. The summed E-state index contributed by atoms with van der Waals surface area (Å²) in [5.74, 6) is 0.840. The van der Waals surface area contributed by atoms with E-state index in [1.807, 2.05) is 4.57 Å². The van der Waals surface area contributed by atoms with E-state index in [1.54, 1.807) is 6.33 Å². The number of nitrogen functional groups attached to an aromatic ring is 1. The van der Waals surface area contributed by atoms with Gasteiger partial charge in [-0.1, -0.05) is 0 Å². The zero-order valence-corrected chi connectivity index (χ0v) is 9.98. The highest BCUT2D eigenvalue weighted by Crippen LogP contribution is 2.62. The quantitative estimate of drug-likeness (QED) is 0.802. The summed E-state index contributed by atoms with van der Waals surface area (Å²) in [6.07, 6.45) is 6.91. The second kappa shape index (κ2) is 3.48. The van der Waals surface area contributed by atoms with Crippen molar-refractivity contribution in [3.8, 4) is 0 Å². The van der Waals surface area contributed by atoms with Crippen molar-refractivity contribution in [1.82, 2.24) is 9.55 Å². The highest BCUT2D eigenvalue weighted by molar-refractivity contribution is 5.92. The molecule has 92 valence electrons. The Morgan fingerprint density at radius 3 is 2.88 bits per heavy atom. The van der Waals surface area contributed by atoms with Crippen LogP contribution in [0.15, 0.2) is 6.33 Å². The third-order valence-electron chi connectivity index (χ3n) is 4.08. The maximum Gasteiger partial charge on any atom is 0.360 e. The van der Waals surface area contributed by atoms with Gasteiger partial charge in [0.05, 0.1) is 13.4 Å². The molecule has 1 aromatic heterocycles. The number of carbonyl (C=O) groups is 1. The van der Waals surface area contributed by atoms with Crippen LogP contribution in [-0.2, 0) is 11.3 Å². The van der Waals surface area contributed by atoms with E-state index < -0.39 is 5.97 Å². The number of imidazole rings is 1. The molecule has 1 aromatic rings. The number of ether oxygens (including phenoxy) is 1. The van der Waals surface area contributed by atoms with Gasteiger partial charge in [-0.25, -0.2) is 9.78 Å². The molecule has 0 spiro atoms. The van der Waals surface area contributed by atoms with Crippen molar-refractivity contribution in [2.45, 2.75) is 32.2 Å². The fourth-order valence-electron chi connectivity index (χ4n) is 2.66. The molecular formula is C12H17N3O2. The smallest absolute Gasteiger partial charge is 0.360 e. The topological polar surface area (TPSA) is 70.1 Å². The van der Waals surface area contributed by atoms with Gasteiger partial charge < -0.3 is 15.0 Å². The molecule has 1 heterocycles. The van der Waals surface area contributed by atoms with Crippen LogP contribution >= 0.6 is 0 Å². The number of aromatic nitrogens is 2. The molecule has 17 heavy (non-hydrogen) atoms. The van der Waals surface area contributed by atoms with Crippen molar-refractivity contribution in [1.29, 1.82) is 0 Å². The van der Waals surface area contributed by atoms with Crippen LogP contribution in [0.1, 0.15) is 36.2 Å². The Morgan fingerprint density at radius 2 is 2.35 bits per heavy atom. The van der Waals surface area contributed by atoms with Gasteiger partial charge >= 0.3 is 5.97 Å². The van der Waals surface area contributed by atoms with Gasteiger partial charge in [-0.3, -0.25) is 0 Å². The summed E-state index contributed by atoms with van der Waals surface area (Å²) >= 11 is 0. The SMILES string of the molecule is COC(=O)c1ncn(CC2(C3CC3)CC2)c1N. The van der Waals surface area contributed by atoms with Gasteiger partial charge in [-0.05, 0) is 37.0 Å². The Balaban J connectivity index is 1.80. The lowest BCUT2D eigenvalue weighted by Gasteiger charge is -2.15. The maximum atomic E-state index is 11.4. The molecule has 2 aliphatic carbocycles. The summed E-state index contributed by atoms with van der Waals surface area (Å²) in [6, 6.07) is 0. The Hall–Kier alpha value is -1.52. The summed E-state index contributed by atoms with van der Waals surface area (Å²) in [7, 11) is 1.34. The number of nitrogens with zero attached hydrogens (tertiary/aromatic N) is 2. The molecule has 2 fully saturated rings. The number of hydrogen-bond donors (Lipinski definition) is 1. The molecule has 0 radical (unpaired) electrons. The number of methoxy groups -OCH3 is 1. The van der Waals surface area contributed by atoms with E-state index in [2.05, 4.69) is 9.72 Å². The number of esters is 1. The van der Waals surface area contributed by atoms with E-state index in [0.29, 0.717) is 11.2 Å². The third kappa shape index (κ3) is 1.69. The first-order valence-electron chi connectivity index (χ1n) is 6.05. The van der Waals surface area contributed by atoms with Crippen LogP contribution in [0.5, 0.6) is 0 Å². The maximum absolute atomic E-state index is 11.4. The van der Waals surface area contributed by atoms with Crippen molar-refractivity contribution < 1.29 is 9.53 Å². The summed E-state index contributed by atoms with van der Waals surface area (Å²) in [6.45, 7) is 0.896. The first-order valence-corrected chi connectivity index (χ1v) is 6.05. The first kappa shape index (κ1) is 10.6. The minimum Gasteiger partial charge on any atom is -0.464 e. The van der Waals surface area contributed by atoms with Crippen molar-refractivity contribution in [3.63, 3.8) is 0 Å². The predicted molar refractivity (Wildman–Crippen MR) is 62.4 cm³/mol. The molecule has 0 amide bonds. The van der Waals surface area contributed by atoms with Crippen LogP contribution in [0.2, 0.25) is 0 Å². The van der Waals surface area contributed by atoms with Gasteiger partial charge in [-0.2, -0.15) is 0 Å². The van der Waals surface area contributed by atoms with E-state index in [0.717, 1.165) is 12.5 Å². The van der Waals surface area contributed by atoms with E-state index in [4.69, 9.17) is 5.73 Å². The molecule has 0 unspecified atom stereocenters. The molecule has 0 bridgehead atoms. The molecule has 0 aliphatic heterocycles. The van der Waals surface area contributed by atoms with Crippen LogP contribution in [-0.4, -0.2) is 22.6 Å². The van der Waals surface area contributed by atoms with Crippen LogP contribution in [0.4, 0.5) is 5.82 Å². The lowest BCUT2D eigenvalue weighted by molar-refractivity contribution is 0.0596. The van der Waals surface area contributed by atoms with Crippen LogP contribution in [0.25, 0.3) is 0 Å².